The number of carbonyl (C=O) groups excluding carboxylic acids is 6. The van der Waals surface area contributed by atoms with Crippen molar-refractivity contribution < 1.29 is 38.2 Å². The average Bonchev–Trinajstić information content (AvgIpc) is 3.29. The molecule has 0 aliphatic rings. The number of halogens is 5. The lowest BCUT2D eigenvalue weighted by molar-refractivity contribution is -0.127. The number of alkyl halides is 3. The molecular formula is C48H45Cl5N8O8. The lowest BCUT2D eigenvalue weighted by atomic mass is 10.1. The number of azo groups is 2. The highest BCUT2D eigenvalue weighted by Crippen LogP contribution is 2.34. The summed E-state index contributed by atoms with van der Waals surface area (Å²) in [7, 11) is 2.97. The minimum Gasteiger partial charge on any atom is -0.497 e. The molecule has 5 unspecified atom stereocenters. The van der Waals surface area contributed by atoms with Crippen molar-refractivity contribution in [3.63, 3.8) is 0 Å². The van der Waals surface area contributed by atoms with Gasteiger partial charge in [0, 0.05) is 34.9 Å². The number of carbonyl (C=O) groups is 6. The van der Waals surface area contributed by atoms with Crippen molar-refractivity contribution in [1.82, 2.24) is 0 Å². The summed E-state index contributed by atoms with van der Waals surface area (Å²) < 4.78 is 10.7. The van der Waals surface area contributed by atoms with Crippen LogP contribution in [0.5, 0.6) is 11.5 Å². The van der Waals surface area contributed by atoms with Gasteiger partial charge in [-0.1, -0.05) is 23.2 Å². The maximum Gasteiger partial charge on any atom is 0.258 e. The van der Waals surface area contributed by atoms with E-state index in [9.17, 15) is 28.8 Å². The number of hydrogen-bond acceptors (Lipinski definition) is 12. The Hall–Kier alpha value is -6.43. The summed E-state index contributed by atoms with van der Waals surface area (Å²) in [6.07, 6.45) is 0. The predicted octanol–water partition coefficient (Wildman–Crippen LogP) is 12.8. The number of methoxy groups -OCH3 is 2. The summed E-state index contributed by atoms with van der Waals surface area (Å²) in [5.41, 5.74) is 3.22. The van der Waals surface area contributed by atoms with Crippen LogP contribution in [0.4, 0.5) is 34.1 Å². The molecule has 0 saturated carbocycles. The van der Waals surface area contributed by atoms with E-state index < -0.39 is 52.7 Å². The number of nitrogens with zero attached hydrogens (tertiary/aromatic N) is 4. The lowest BCUT2D eigenvalue weighted by Crippen LogP contribution is -2.32. The monoisotopic (exact) mass is 1040 g/mol. The molecule has 0 spiro atoms. The molecule has 5 aromatic carbocycles. The van der Waals surface area contributed by atoms with Gasteiger partial charge in [-0.15, -0.1) is 34.8 Å². The van der Waals surface area contributed by atoms with Gasteiger partial charge < -0.3 is 30.7 Å². The van der Waals surface area contributed by atoms with E-state index in [1.54, 1.807) is 57.2 Å². The summed E-state index contributed by atoms with van der Waals surface area (Å²) in [4.78, 5) is 79.0. The van der Waals surface area contributed by atoms with Crippen molar-refractivity contribution in [2.24, 2.45) is 20.5 Å². The fourth-order valence-corrected chi connectivity index (χ4v) is 7.20. The third-order valence-corrected chi connectivity index (χ3v) is 11.4. The molecule has 21 heteroatoms. The van der Waals surface area contributed by atoms with Gasteiger partial charge in [0.25, 0.3) is 23.6 Å². The van der Waals surface area contributed by atoms with Gasteiger partial charge in [0.05, 0.1) is 62.9 Å². The second kappa shape index (κ2) is 24.2. The van der Waals surface area contributed by atoms with E-state index in [0.29, 0.717) is 39.6 Å². The molecule has 0 aromatic heterocycles. The predicted molar refractivity (Wildman–Crippen MR) is 269 cm³/mol. The number of benzene rings is 5. The Labute approximate surface area is 422 Å². The SMILES string of the molecule is COc1cc(NC(=O)c2cc(N=NC(C(C)=O)C(=O)Nc3ccc(NC(=O)C(N=Nc4ccc(Cl)c(C(=O)Nc5cc(OC)cc(C(C)Cl)c5)c4)C(C)=O)c(C(C)Cl)c3)ccc2Cl)cc(C(C)Cl)c1. The van der Waals surface area contributed by atoms with Crippen molar-refractivity contribution in [2.45, 2.75) is 62.8 Å². The van der Waals surface area contributed by atoms with E-state index in [4.69, 9.17) is 67.5 Å². The molecular weight excluding hydrogens is 994 g/mol. The summed E-state index contributed by atoms with van der Waals surface area (Å²) in [5.74, 6) is -3.21. The molecule has 0 bridgehead atoms. The largest absolute Gasteiger partial charge is 0.497 e. The van der Waals surface area contributed by atoms with Crippen molar-refractivity contribution >= 4 is 127 Å². The molecule has 0 fully saturated rings. The molecule has 0 aliphatic carbocycles. The van der Waals surface area contributed by atoms with Crippen LogP contribution in [0.2, 0.25) is 10.0 Å². The normalized spacial score (nSPS) is 13.4. The Morgan fingerprint density at radius 3 is 1.33 bits per heavy atom. The number of Topliss-reactive ketones (excluding diaryl/α,β-unsaturated/α-hetero) is 2. The molecule has 0 radical (unpaired) electrons. The van der Waals surface area contributed by atoms with E-state index in [2.05, 4.69) is 41.7 Å². The number of hydrogen-bond donors (Lipinski definition) is 4. The van der Waals surface area contributed by atoms with E-state index in [-0.39, 0.29) is 54.7 Å². The maximum atomic E-state index is 13.5. The first kappa shape index (κ1) is 53.5. The highest BCUT2D eigenvalue weighted by molar-refractivity contribution is 6.35. The van der Waals surface area contributed by atoms with Gasteiger partial charge in [0.15, 0.2) is 11.6 Å². The quantitative estimate of drug-likeness (QED) is 0.0353. The summed E-state index contributed by atoms with van der Waals surface area (Å²) in [5, 5.41) is 25.6. The molecule has 5 rings (SSSR count). The number of ether oxygens (including phenoxy) is 2. The summed E-state index contributed by atoms with van der Waals surface area (Å²) in [6, 6.07) is 19.6. The van der Waals surface area contributed by atoms with E-state index in [0.717, 1.165) is 13.8 Å². The minimum absolute atomic E-state index is 0.0331. The molecule has 360 valence electrons. The second-order valence-corrected chi connectivity index (χ2v) is 18.1. The highest BCUT2D eigenvalue weighted by atomic mass is 35.5. The average molecular weight is 1040 g/mol. The number of ketones is 2. The number of rotatable bonds is 19. The molecule has 16 nitrogen and oxygen atoms in total. The maximum absolute atomic E-state index is 13.5. The molecule has 0 heterocycles. The first-order chi connectivity index (χ1) is 32.7. The van der Waals surface area contributed by atoms with E-state index in [1.807, 2.05) is 0 Å². The Morgan fingerprint density at radius 1 is 0.507 bits per heavy atom. The Morgan fingerprint density at radius 2 is 0.942 bits per heavy atom. The van der Waals surface area contributed by atoms with Crippen LogP contribution in [0, 0.1) is 0 Å². The highest BCUT2D eigenvalue weighted by Gasteiger charge is 2.27. The summed E-state index contributed by atoms with van der Waals surface area (Å²) >= 11 is 31.8. The minimum atomic E-state index is -1.63. The Kier molecular flexibility index (Phi) is 18.8. The zero-order valence-corrected chi connectivity index (χ0v) is 41.8. The van der Waals surface area contributed by atoms with Crippen LogP contribution in [0.15, 0.2) is 111 Å². The van der Waals surface area contributed by atoms with Crippen LogP contribution in [0.1, 0.15) is 88.2 Å². The fraction of sp³-hybridized carbons (Fsp3) is 0.250. The van der Waals surface area contributed by atoms with Gasteiger partial charge >= 0.3 is 0 Å². The Bertz CT molecular complexity index is 2860. The second-order valence-electron chi connectivity index (χ2n) is 15.3. The van der Waals surface area contributed by atoms with Crippen LogP contribution < -0.4 is 30.7 Å². The standard InChI is InChI=1S/C48H45Cl5N8O8/c1-23(49)28-14-33(18-35(16-28)68-6)55-45(64)38-21-31(8-11-40(38)52)58-60-43(26(4)62)47(66)54-30-10-13-42(37(20-30)25(3)51)57-48(67)44(27(5)63)61-59-32-9-12-41(53)39(22-32)46(65)56-34-15-29(24(2)50)17-36(19-34)69-7/h8-25,43-44H,1-7H3,(H,54,66)(H,55,64)(H,56,65)(H,57,67). The molecule has 4 amide bonds. The van der Waals surface area contributed by atoms with Gasteiger partial charge in [0.1, 0.15) is 11.5 Å². The fourth-order valence-electron chi connectivity index (χ4n) is 6.36. The Balaban J connectivity index is 1.28. The topological polar surface area (TPSA) is 218 Å². The van der Waals surface area contributed by atoms with Gasteiger partial charge in [-0.3, -0.25) is 28.8 Å². The lowest BCUT2D eigenvalue weighted by Gasteiger charge is -2.17. The van der Waals surface area contributed by atoms with Crippen LogP contribution in [0.3, 0.4) is 0 Å². The molecule has 0 saturated heterocycles. The van der Waals surface area contributed by atoms with Gasteiger partial charge in [0.2, 0.25) is 12.1 Å². The first-order valence-electron chi connectivity index (χ1n) is 20.8. The van der Waals surface area contributed by atoms with Crippen LogP contribution in [0.25, 0.3) is 0 Å². The summed E-state index contributed by atoms with van der Waals surface area (Å²) in [6.45, 7) is 7.48. The van der Waals surface area contributed by atoms with Crippen LogP contribution in [-0.4, -0.2) is 61.5 Å². The van der Waals surface area contributed by atoms with E-state index >= 15 is 0 Å². The molecule has 69 heavy (non-hydrogen) atoms. The van der Waals surface area contributed by atoms with Crippen molar-refractivity contribution in [3.8, 4) is 11.5 Å². The molecule has 5 aromatic rings. The number of anilines is 4. The first-order valence-corrected chi connectivity index (χ1v) is 22.8. The molecule has 5 atom stereocenters. The molecule has 4 N–H and O–H groups in total. The van der Waals surface area contributed by atoms with Crippen molar-refractivity contribution in [3.05, 3.63) is 129 Å². The van der Waals surface area contributed by atoms with Crippen LogP contribution in [-0.2, 0) is 19.2 Å². The van der Waals surface area contributed by atoms with E-state index in [1.165, 1.54) is 68.8 Å². The third kappa shape index (κ3) is 14.5. The van der Waals surface area contributed by atoms with Crippen molar-refractivity contribution in [2.75, 3.05) is 35.5 Å². The number of amides is 4. The van der Waals surface area contributed by atoms with Gasteiger partial charge in [-0.05, 0) is 130 Å². The van der Waals surface area contributed by atoms with Crippen LogP contribution >= 0.6 is 58.0 Å². The smallest absolute Gasteiger partial charge is 0.258 e. The zero-order valence-electron chi connectivity index (χ0n) is 38.0. The third-order valence-electron chi connectivity index (χ3n) is 10.0. The van der Waals surface area contributed by atoms with Crippen molar-refractivity contribution in [1.29, 1.82) is 0 Å². The molecule has 0 aliphatic heterocycles. The van der Waals surface area contributed by atoms with Gasteiger partial charge in [-0.25, -0.2) is 0 Å². The number of nitrogens with one attached hydrogen (secondary N) is 4. The zero-order chi connectivity index (χ0) is 50.7. The van der Waals surface area contributed by atoms with Gasteiger partial charge in [-0.2, -0.15) is 20.5 Å².